The summed E-state index contributed by atoms with van der Waals surface area (Å²) in [5.74, 6) is 0.130. The second kappa shape index (κ2) is 9.08. The Morgan fingerprint density at radius 2 is 1.97 bits per heavy atom. The van der Waals surface area contributed by atoms with E-state index in [2.05, 4.69) is 10.3 Å². The molecule has 150 valence electrons. The Balaban J connectivity index is 1.38. The fourth-order valence-electron chi connectivity index (χ4n) is 3.66. The van der Waals surface area contributed by atoms with E-state index in [1.54, 1.807) is 11.3 Å². The summed E-state index contributed by atoms with van der Waals surface area (Å²) in [4.78, 5) is 22.0. The maximum atomic E-state index is 12.8. The average Bonchev–Trinajstić information content (AvgIpc) is 3.05. The van der Waals surface area contributed by atoms with Gasteiger partial charge in [-0.25, -0.2) is 4.98 Å². The molecule has 29 heavy (non-hydrogen) atoms. The van der Waals surface area contributed by atoms with Gasteiger partial charge >= 0.3 is 0 Å². The van der Waals surface area contributed by atoms with Gasteiger partial charge in [-0.2, -0.15) is 0 Å². The van der Waals surface area contributed by atoms with Crippen LogP contribution in [0.2, 0.25) is 5.02 Å². The first-order valence-electron chi connectivity index (χ1n) is 9.88. The molecule has 4 rings (SSSR count). The lowest BCUT2D eigenvalue weighted by atomic mass is 10.1. The van der Waals surface area contributed by atoms with Crippen LogP contribution in [0.3, 0.4) is 0 Å². The third kappa shape index (κ3) is 4.86. The van der Waals surface area contributed by atoms with E-state index in [-0.39, 0.29) is 5.91 Å². The summed E-state index contributed by atoms with van der Waals surface area (Å²) in [6.45, 7) is 6.19. The van der Waals surface area contributed by atoms with Gasteiger partial charge in [0, 0.05) is 49.2 Å². The monoisotopic (exact) mass is 425 g/mol. The van der Waals surface area contributed by atoms with Gasteiger partial charge < -0.3 is 4.90 Å². The van der Waals surface area contributed by atoms with Gasteiger partial charge in [0.1, 0.15) is 5.01 Å². The third-order valence-electron chi connectivity index (χ3n) is 5.18. The van der Waals surface area contributed by atoms with Crippen LogP contribution in [-0.4, -0.2) is 46.9 Å². The van der Waals surface area contributed by atoms with Crippen LogP contribution in [-0.2, 0) is 6.54 Å². The molecule has 4 nitrogen and oxygen atoms in total. The fraction of sp³-hybridized carbons (Fsp3) is 0.304. The van der Waals surface area contributed by atoms with Crippen molar-refractivity contribution in [1.29, 1.82) is 0 Å². The van der Waals surface area contributed by atoms with E-state index in [4.69, 9.17) is 16.6 Å². The van der Waals surface area contributed by atoms with Crippen molar-refractivity contribution in [2.45, 2.75) is 19.9 Å². The molecule has 2 heterocycles. The van der Waals surface area contributed by atoms with Gasteiger partial charge in [0.05, 0.1) is 10.7 Å². The molecule has 1 fully saturated rings. The Morgan fingerprint density at radius 1 is 1.10 bits per heavy atom. The number of carbonyl (C=O) groups is 1. The first-order chi connectivity index (χ1) is 14.1. The van der Waals surface area contributed by atoms with Crippen LogP contribution in [0, 0.1) is 6.92 Å². The standard InChI is InChI=1S/C23H24ClN3OS/c1-17-6-4-7-18(14-17)23(28)27-11-5-10-26(12-13-27)15-19-16-29-22(25-19)20-8-2-3-9-21(20)24/h2-4,6-9,14,16H,5,10-13,15H2,1H3. The number of rotatable bonds is 4. The molecule has 0 spiro atoms. The highest BCUT2D eigenvalue weighted by atomic mass is 35.5. The van der Waals surface area contributed by atoms with E-state index in [1.807, 2.05) is 60.4 Å². The number of hydrogen-bond acceptors (Lipinski definition) is 4. The molecule has 2 aromatic carbocycles. The Morgan fingerprint density at radius 3 is 2.79 bits per heavy atom. The van der Waals surface area contributed by atoms with E-state index < -0.39 is 0 Å². The first-order valence-corrected chi connectivity index (χ1v) is 11.1. The maximum Gasteiger partial charge on any atom is 0.253 e. The van der Waals surface area contributed by atoms with Crippen molar-refractivity contribution in [3.63, 3.8) is 0 Å². The molecule has 1 saturated heterocycles. The van der Waals surface area contributed by atoms with E-state index in [9.17, 15) is 4.79 Å². The summed E-state index contributed by atoms with van der Waals surface area (Å²) < 4.78 is 0. The number of halogens is 1. The van der Waals surface area contributed by atoms with Crippen LogP contribution in [0.25, 0.3) is 10.6 Å². The SMILES string of the molecule is Cc1cccc(C(=O)N2CCCN(Cc3csc(-c4ccccc4Cl)n3)CC2)c1. The average molecular weight is 426 g/mol. The van der Waals surface area contributed by atoms with Crippen LogP contribution in [0.1, 0.15) is 28.0 Å². The molecule has 6 heteroatoms. The van der Waals surface area contributed by atoms with Gasteiger partial charge in [0.15, 0.2) is 0 Å². The number of amides is 1. The van der Waals surface area contributed by atoms with Gasteiger partial charge in [0.2, 0.25) is 0 Å². The molecular formula is C23H24ClN3OS. The van der Waals surface area contributed by atoms with Crippen molar-refractivity contribution in [2.75, 3.05) is 26.2 Å². The highest BCUT2D eigenvalue weighted by Gasteiger charge is 2.21. The Kier molecular flexibility index (Phi) is 6.28. The zero-order valence-electron chi connectivity index (χ0n) is 16.5. The van der Waals surface area contributed by atoms with Crippen molar-refractivity contribution in [3.05, 3.63) is 75.8 Å². The van der Waals surface area contributed by atoms with Crippen LogP contribution < -0.4 is 0 Å². The minimum atomic E-state index is 0.130. The largest absolute Gasteiger partial charge is 0.337 e. The molecule has 1 aliphatic heterocycles. The van der Waals surface area contributed by atoms with Crippen LogP contribution in [0.4, 0.5) is 0 Å². The molecule has 0 N–H and O–H groups in total. The molecule has 0 radical (unpaired) electrons. The van der Waals surface area contributed by atoms with Crippen LogP contribution >= 0.6 is 22.9 Å². The molecule has 1 aromatic heterocycles. The van der Waals surface area contributed by atoms with Crippen molar-refractivity contribution >= 4 is 28.8 Å². The normalized spacial score (nSPS) is 15.3. The Bertz CT molecular complexity index is 1000. The number of thiazole rings is 1. The number of benzene rings is 2. The number of aromatic nitrogens is 1. The first kappa shape index (κ1) is 20.1. The number of nitrogens with zero attached hydrogens (tertiary/aromatic N) is 3. The van der Waals surface area contributed by atoms with Gasteiger partial charge in [0.25, 0.3) is 5.91 Å². The Labute approximate surface area is 180 Å². The number of hydrogen-bond donors (Lipinski definition) is 0. The molecule has 1 amide bonds. The molecule has 0 unspecified atom stereocenters. The highest BCUT2D eigenvalue weighted by molar-refractivity contribution is 7.13. The van der Waals surface area contributed by atoms with Crippen LogP contribution in [0.5, 0.6) is 0 Å². The zero-order chi connectivity index (χ0) is 20.2. The molecule has 0 saturated carbocycles. The number of carbonyl (C=O) groups excluding carboxylic acids is 1. The minimum Gasteiger partial charge on any atom is -0.337 e. The summed E-state index contributed by atoms with van der Waals surface area (Å²) in [5.41, 5.74) is 3.94. The number of aryl methyl sites for hydroxylation is 1. The van der Waals surface area contributed by atoms with Gasteiger partial charge in [-0.1, -0.05) is 47.5 Å². The minimum absolute atomic E-state index is 0.130. The van der Waals surface area contributed by atoms with Crippen molar-refractivity contribution in [2.24, 2.45) is 0 Å². The topological polar surface area (TPSA) is 36.4 Å². The predicted molar refractivity (Wildman–Crippen MR) is 120 cm³/mol. The lowest BCUT2D eigenvalue weighted by Gasteiger charge is -2.21. The Hall–Kier alpha value is -2.21. The van der Waals surface area contributed by atoms with E-state index in [0.29, 0.717) is 0 Å². The fourth-order valence-corrected chi connectivity index (χ4v) is 4.79. The summed E-state index contributed by atoms with van der Waals surface area (Å²) in [6, 6.07) is 15.7. The van der Waals surface area contributed by atoms with E-state index >= 15 is 0 Å². The third-order valence-corrected chi connectivity index (χ3v) is 6.44. The predicted octanol–water partition coefficient (Wildman–Crippen LogP) is 5.12. The summed E-state index contributed by atoms with van der Waals surface area (Å²) in [7, 11) is 0. The lowest BCUT2D eigenvalue weighted by Crippen LogP contribution is -2.35. The summed E-state index contributed by atoms with van der Waals surface area (Å²) in [6.07, 6.45) is 0.971. The summed E-state index contributed by atoms with van der Waals surface area (Å²) in [5, 5.41) is 3.80. The molecule has 0 atom stereocenters. The second-order valence-corrected chi connectivity index (χ2v) is 8.68. The molecule has 0 bridgehead atoms. The van der Waals surface area contributed by atoms with Crippen molar-refractivity contribution < 1.29 is 4.79 Å². The highest BCUT2D eigenvalue weighted by Crippen LogP contribution is 2.30. The zero-order valence-corrected chi connectivity index (χ0v) is 18.0. The molecule has 0 aliphatic carbocycles. The van der Waals surface area contributed by atoms with Gasteiger partial charge in [-0.3, -0.25) is 9.69 Å². The molecular weight excluding hydrogens is 402 g/mol. The second-order valence-electron chi connectivity index (χ2n) is 7.42. The maximum absolute atomic E-state index is 12.8. The molecule has 1 aliphatic rings. The van der Waals surface area contributed by atoms with Crippen molar-refractivity contribution in [3.8, 4) is 10.6 Å². The van der Waals surface area contributed by atoms with Gasteiger partial charge in [-0.15, -0.1) is 11.3 Å². The van der Waals surface area contributed by atoms with E-state index in [1.165, 1.54) is 0 Å². The quantitative estimate of drug-likeness (QED) is 0.582. The lowest BCUT2D eigenvalue weighted by molar-refractivity contribution is 0.0761. The van der Waals surface area contributed by atoms with Crippen LogP contribution in [0.15, 0.2) is 53.9 Å². The summed E-state index contributed by atoms with van der Waals surface area (Å²) >= 11 is 7.93. The molecule has 3 aromatic rings. The van der Waals surface area contributed by atoms with Gasteiger partial charge in [-0.05, 0) is 31.5 Å². The van der Waals surface area contributed by atoms with E-state index in [0.717, 1.165) is 71.6 Å². The smallest absolute Gasteiger partial charge is 0.253 e. The van der Waals surface area contributed by atoms with Crippen molar-refractivity contribution in [1.82, 2.24) is 14.8 Å².